The van der Waals surface area contributed by atoms with E-state index in [0.717, 1.165) is 55.3 Å². The van der Waals surface area contributed by atoms with Crippen molar-refractivity contribution in [2.24, 2.45) is 5.10 Å². The van der Waals surface area contributed by atoms with E-state index in [1.165, 1.54) is 0 Å². The Morgan fingerprint density at radius 1 is 1.04 bits per heavy atom. The third-order valence-corrected chi connectivity index (χ3v) is 4.48. The van der Waals surface area contributed by atoms with Gasteiger partial charge in [0, 0.05) is 13.1 Å². The number of benzene rings is 2. The van der Waals surface area contributed by atoms with E-state index in [1.54, 1.807) is 19.2 Å². The van der Waals surface area contributed by atoms with Crippen molar-refractivity contribution in [3.63, 3.8) is 0 Å². The summed E-state index contributed by atoms with van der Waals surface area (Å²) in [6.07, 6.45) is 0.859. The Morgan fingerprint density at radius 3 is 2.36 bits per heavy atom. The van der Waals surface area contributed by atoms with Gasteiger partial charge in [0.15, 0.2) is 0 Å². The molecular formula is C20H25N3O2. The molecule has 0 amide bonds. The van der Waals surface area contributed by atoms with Crippen LogP contribution in [-0.2, 0) is 0 Å². The molecule has 0 aromatic heterocycles. The van der Waals surface area contributed by atoms with Crippen LogP contribution in [0.1, 0.15) is 18.9 Å². The summed E-state index contributed by atoms with van der Waals surface area (Å²) in [4.78, 5) is 2.34. The molecule has 0 saturated carbocycles. The molecule has 25 heavy (non-hydrogen) atoms. The van der Waals surface area contributed by atoms with Gasteiger partial charge in [-0.1, -0.05) is 19.1 Å². The maximum atomic E-state index is 9.45. The summed E-state index contributed by atoms with van der Waals surface area (Å²) in [5, 5.41) is 16.4. The Hall–Kier alpha value is -2.69. The normalized spacial score (nSPS) is 15.4. The van der Waals surface area contributed by atoms with Crippen LogP contribution in [0.3, 0.4) is 0 Å². The van der Waals surface area contributed by atoms with E-state index in [4.69, 9.17) is 9.84 Å². The van der Waals surface area contributed by atoms with Gasteiger partial charge in [-0.2, -0.15) is 5.10 Å². The lowest BCUT2D eigenvalue weighted by molar-refractivity contribution is 0.269. The molecule has 1 N–H and O–H groups in total. The molecule has 1 aliphatic rings. The van der Waals surface area contributed by atoms with Gasteiger partial charge in [0.1, 0.15) is 11.5 Å². The second-order valence-corrected chi connectivity index (χ2v) is 6.06. The number of phenols is 1. The molecule has 0 atom stereocenters. The smallest absolute Gasteiger partial charge is 0.142 e. The number of hydrogen-bond donors (Lipinski definition) is 1. The van der Waals surface area contributed by atoms with E-state index < -0.39 is 0 Å². The maximum absolute atomic E-state index is 9.45. The van der Waals surface area contributed by atoms with Gasteiger partial charge >= 0.3 is 0 Å². The number of ether oxygens (including phenoxy) is 1. The fourth-order valence-corrected chi connectivity index (χ4v) is 3.08. The Labute approximate surface area is 149 Å². The third-order valence-electron chi connectivity index (χ3n) is 4.48. The van der Waals surface area contributed by atoms with Crippen LogP contribution in [0.15, 0.2) is 53.6 Å². The first-order valence-corrected chi connectivity index (χ1v) is 8.71. The van der Waals surface area contributed by atoms with Crippen molar-refractivity contribution in [2.75, 3.05) is 38.2 Å². The number of methoxy groups -OCH3 is 1. The van der Waals surface area contributed by atoms with E-state index in [9.17, 15) is 5.11 Å². The van der Waals surface area contributed by atoms with Crippen LogP contribution in [0, 0.1) is 0 Å². The number of nitrogens with zero attached hydrogens (tertiary/aromatic N) is 3. The molecule has 1 fully saturated rings. The van der Waals surface area contributed by atoms with Gasteiger partial charge < -0.3 is 14.7 Å². The predicted molar refractivity (Wildman–Crippen MR) is 102 cm³/mol. The zero-order valence-corrected chi connectivity index (χ0v) is 14.9. The molecule has 0 bridgehead atoms. The molecule has 1 saturated heterocycles. The molecule has 1 aliphatic heterocycles. The average Bonchev–Trinajstić information content (AvgIpc) is 2.67. The van der Waals surface area contributed by atoms with Gasteiger partial charge in [0.25, 0.3) is 0 Å². The van der Waals surface area contributed by atoms with Crippen molar-refractivity contribution < 1.29 is 9.84 Å². The van der Waals surface area contributed by atoms with Crippen molar-refractivity contribution in [3.05, 3.63) is 54.1 Å². The standard InChI is InChI=1S/C20H25N3O2/c1-3-18(16-8-10-17(24)11-9-16)21-23-14-12-22(13-15-23)19-6-4-5-7-20(19)25-2/h4-11,24H,3,12-15H2,1-2H3. The topological polar surface area (TPSA) is 48.3 Å². The first-order chi connectivity index (χ1) is 12.2. The number of anilines is 1. The minimum absolute atomic E-state index is 0.282. The van der Waals surface area contributed by atoms with E-state index >= 15 is 0 Å². The first kappa shape index (κ1) is 17.1. The van der Waals surface area contributed by atoms with E-state index in [-0.39, 0.29) is 5.75 Å². The minimum atomic E-state index is 0.282. The fourth-order valence-electron chi connectivity index (χ4n) is 3.08. The van der Waals surface area contributed by atoms with Gasteiger partial charge in [-0.15, -0.1) is 0 Å². The van der Waals surface area contributed by atoms with E-state index in [0.29, 0.717) is 0 Å². The zero-order chi connectivity index (χ0) is 17.6. The Balaban J connectivity index is 1.68. The summed E-state index contributed by atoms with van der Waals surface area (Å²) in [7, 11) is 1.71. The lowest BCUT2D eigenvalue weighted by Crippen LogP contribution is -2.44. The van der Waals surface area contributed by atoms with Gasteiger partial charge in [-0.3, -0.25) is 5.01 Å². The van der Waals surface area contributed by atoms with Crippen LogP contribution in [0.25, 0.3) is 0 Å². The van der Waals surface area contributed by atoms with Crippen LogP contribution in [-0.4, -0.2) is 49.1 Å². The highest BCUT2D eigenvalue weighted by Crippen LogP contribution is 2.28. The number of piperazine rings is 1. The molecule has 0 aliphatic carbocycles. The van der Waals surface area contributed by atoms with Crippen molar-refractivity contribution in [2.45, 2.75) is 13.3 Å². The van der Waals surface area contributed by atoms with E-state index in [2.05, 4.69) is 22.9 Å². The van der Waals surface area contributed by atoms with Crippen molar-refractivity contribution in [3.8, 4) is 11.5 Å². The maximum Gasteiger partial charge on any atom is 0.142 e. The molecular weight excluding hydrogens is 314 g/mol. The molecule has 0 radical (unpaired) electrons. The van der Waals surface area contributed by atoms with Crippen LogP contribution >= 0.6 is 0 Å². The Bertz CT molecular complexity index is 720. The van der Waals surface area contributed by atoms with Crippen LogP contribution in [0.4, 0.5) is 5.69 Å². The molecule has 2 aromatic rings. The second-order valence-electron chi connectivity index (χ2n) is 6.06. The van der Waals surface area contributed by atoms with Gasteiger partial charge in [0.2, 0.25) is 0 Å². The third kappa shape index (κ3) is 4.05. The number of aromatic hydroxyl groups is 1. The molecule has 0 unspecified atom stereocenters. The largest absolute Gasteiger partial charge is 0.508 e. The highest BCUT2D eigenvalue weighted by atomic mass is 16.5. The summed E-state index contributed by atoms with van der Waals surface area (Å²) >= 11 is 0. The summed E-state index contributed by atoms with van der Waals surface area (Å²) in [6.45, 7) is 5.68. The lowest BCUT2D eigenvalue weighted by atomic mass is 10.1. The molecule has 2 aromatic carbocycles. The number of phenolic OH excluding ortho intramolecular Hbond substituents is 1. The summed E-state index contributed by atoms with van der Waals surface area (Å²) < 4.78 is 5.47. The first-order valence-electron chi connectivity index (χ1n) is 8.71. The molecule has 0 spiro atoms. The molecule has 1 heterocycles. The fraction of sp³-hybridized carbons (Fsp3) is 0.350. The van der Waals surface area contributed by atoms with Crippen molar-refractivity contribution in [1.29, 1.82) is 0 Å². The summed E-state index contributed by atoms with van der Waals surface area (Å²) in [5.74, 6) is 1.20. The van der Waals surface area contributed by atoms with Gasteiger partial charge in [-0.05, 0) is 48.4 Å². The average molecular weight is 339 g/mol. The summed E-state index contributed by atoms with van der Waals surface area (Å²) in [6, 6.07) is 15.4. The number of para-hydroxylation sites is 2. The van der Waals surface area contributed by atoms with Crippen LogP contribution in [0.2, 0.25) is 0 Å². The quantitative estimate of drug-likeness (QED) is 0.849. The number of hydrazone groups is 1. The van der Waals surface area contributed by atoms with Crippen LogP contribution < -0.4 is 9.64 Å². The summed E-state index contributed by atoms with van der Waals surface area (Å²) in [5.41, 5.74) is 3.25. The van der Waals surface area contributed by atoms with Crippen molar-refractivity contribution >= 4 is 11.4 Å². The Morgan fingerprint density at radius 2 is 1.72 bits per heavy atom. The molecule has 5 heteroatoms. The Kier molecular flexibility index (Phi) is 5.43. The van der Waals surface area contributed by atoms with Crippen molar-refractivity contribution in [1.82, 2.24) is 5.01 Å². The number of hydrogen-bond acceptors (Lipinski definition) is 5. The highest BCUT2D eigenvalue weighted by molar-refractivity contribution is 6.00. The molecule has 3 rings (SSSR count). The van der Waals surface area contributed by atoms with Crippen LogP contribution in [0.5, 0.6) is 11.5 Å². The zero-order valence-electron chi connectivity index (χ0n) is 14.9. The van der Waals surface area contributed by atoms with E-state index in [1.807, 2.05) is 30.3 Å². The monoisotopic (exact) mass is 339 g/mol. The minimum Gasteiger partial charge on any atom is -0.508 e. The predicted octanol–water partition coefficient (Wildman–Crippen LogP) is 3.34. The SMILES string of the molecule is CCC(=NN1CCN(c2ccccc2OC)CC1)c1ccc(O)cc1. The van der Waals surface area contributed by atoms with Gasteiger partial charge in [0.05, 0.1) is 31.6 Å². The van der Waals surface area contributed by atoms with Gasteiger partial charge in [-0.25, -0.2) is 0 Å². The second kappa shape index (κ2) is 7.92. The molecule has 132 valence electrons. The highest BCUT2D eigenvalue weighted by Gasteiger charge is 2.19. The lowest BCUT2D eigenvalue weighted by Gasteiger charge is -2.35. The number of rotatable bonds is 5. The molecule has 5 nitrogen and oxygen atoms in total.